The maximum absolute atomic E-state index is 13.8. The molecule has 1 atom stereocenters. The fraction of sp³-hybridized carbons (Fsp3) is 0.500. The fourth-order valence-corrected chi connectivity index (χ4v) is 2.38. The zero-order valence-corrected chi connectivity index (χ0v) is 11.7. The second kappa shape index (κ2) is 7.14. The zero-order valence-electron chi connectivity index (χ0n) is 10.9. The standard InChI is InChI=1S/C12H19BFNO2S/c1-9(8-18-3)15(2)7-10-4-5-11(13(16)17)6-12(10)14/h4-6,9,16-17H,7-8H2,1-3H3. The number of halogens is 1. The summed E-state index contributed by atoms with van der Waals surface area (Å²) in [4.78, 5) is 2.07. The first kappa shape index (κ1) is 15.5. The average molecular weight is 271 g/mol. The molecular weight excluding hydrogens is 252 g/mol. The molecule has 0 aliphatic rings. The minimum atomic E-state index is -1.62. The first-order valence-electron chi connectivity index (χ1n) is 5.79. The van der Waals surface area contributed by atoms with Crippen molar-refractivity contribution < 1.29 is 14.4 Å². The molecule has 1 unspecified atom stereocenters. The molecule has 1 aromatic rings. The third kappa shape index (κ3) is 4.28. The highest BCUT2D eigenvalue weighted by molar-refractivity contribution is 7.98. The van der Waals surface area contributed by atoms with Crippen LogP contribution in [0.5, 0.6) is 0 Å². The maximum Gasteiger partial charge on any atom is 0.488 e. The molecule has 100 valence electrons. The molecule has 0 aromatic heterocycles. The van der Waals surface area contributed by atoms with Crippen molar-refractivity contribution in [3.63, 3.8) is 0 Å². The second-order valence-corrected chi connectivity index (χ2v) is 5.35. The summed E-state index contributed by atoms with van der Waals surface area (Å²) in [5, 5.41) is 17.9. The van der Waals surface area contributed by atoms with Gasteiger partial charge in [0.05, 0.1) is 0 Å². The van der Waals surface area contributed by atoms with E-state index in [4.69, 9.17) is 10.0 Å². The molecule has 0 aliphatic heterocycles. The molecule has 0 fully saturated rings. The highest BCUT2D eigenvalue weighted by atomic mass is 32.2. The number of hydrogen-bond donors (Lipinski definition) is 2. The Morgan fingerprint density at radius 2 is 2.11 bits per heavy atom. The molecule has 0 heterocycles. The molecule has 0 radical (unpaired) electrons. The van der Waals surface area contributed by atoms with Gasteiger partial charge in [-0.1, -0.05) is 12.1 Å². The van der Waals surface area contributed by atoms with Gasteiger partial charge < -0.3 is 10.0 Å². The number of rotatable bonds is 6. The Labute approximate surface area is 112 Å². The van der Waals surface area contributed by atoms with Crippen molar-refractivity contribution in [3.05, 3.63) is 29.6 Å². The van der Waals surface area contributed by atoms with Crippen molar-refractivity contribution in [2.45, 2.75) is 19.5 Å². The lowest BCUT2D eigenvalue weighted by molar-refractivity contribution is 0.266. The van der Waals surface area contributed by atoms with Crippen LogP contribution in [0.3, 0.4) is 0 Å². The Balaban J connectivity index is 2.73. The molecule has 0 spiro atoms. The monoisotopic (exact) mass is 271 g/mol. The molecule has 1 rings (SSSR count). The quantitative estimate of drug-likeness (QED) is 0.747. The first-order valence-corrected chi connectivity index (χ1v) is 7.18. The molecule has 18 heavy (non-hydrogen) atoms. The van der Waals surface area contributed by atoms with Crippen LogP contribution in [0.25, 0.3) is 0 Å². The van der Waals surface area contributed by atoms with Crippen molar-refractivity contribution in [1.29, 1.82) is 0 Å². The van der Waals surface area contributed by atoms with Crippen molar-refractivity contribution in [2.75, 3.05) is 19.1 Å². The smallest absolute Gasteiger partial charge is 0.423 e. The number of nitrogens with zero attached hydrogens (tertiary/aromatic N) is 1. The van der Waals surface area contributed by atoms with Crippen molar-refractivity contribution in [2.24, 2.45) is 0 Å². The van der Waals surface area contributed by atoms with Crippen molar-refractivity contribution >= 4 is 24.3 Å². The van der Waals surface area contributed by atoms with E-state index in [0.29, 0.717) is 18.2 Å². The summed E-state index contributed by atoms with van der Waals surface area (Å²) in [6.45, 7) is 2.61. The molecule has 1 aromatic carbocycles. The Morgan fingerprint density at radius 1 is 1.44 bits per heavy atom. The summed E-state index contributed by atoms with van der Waals surface area (Å²) < 4.78 is 13.8. The molecule has 0 saturated heterocycles. The molecule has 0 aliphatic carbocycles. The van der Waals surface area contributed by atoms with Crippen LogP contribution in [0.2, 0.25) is 0 Å². The zero-order chi connectivity index (χ0) is 13.7. The molecule has 3 nitrogen and oxygen atoms in total. The van der Waals surface area contributed by atoms with Gasteiger partial charge in [0.1, 0.15) is 5.82 Å². The average Bonchev–Trinajstić information content (AvgIpc) is 2.31. The third-order valence-electron chi connectivity index (χ3n) is 2.96. The first-order chi connectivity index (χ1) is 8.45. The van der Waals surface area contributed by atoms with E-state index in [-0.39, 0.29) is 5.46 Å². The van der Waals surface area contributed by atoms with Gasteiger partial charge in [0.15, 0.2) is 0 Å². The van der Waals surface area contributed by atoms with E-state index in [1.54, 1.807) is 17.8 Å². The number of benzene rings is 1. The van der Waals surface area contributed by atoms with Crippen LogP contribution in [-0.4, -0.2) is 47.2 Å². The van der Waals surface area contributed by atoms with Gasteiger partial charge in [-0.2, -0.15) is 11.8 Å². The van der Waals surface area contributed by atoms with Gasteiger partial charge in [0.2, 0.25) is 0 Å². The van der Waals surface area contributed by atoms with Crippen LogP contribution in [0, 0.1) is 5.82 Å². The Hall–Kier alpha value is -0.555. The summed E-state index contributed by atoms with van der Waals surface area (Å²) in [6.07, 6.45) is 2.04. The Morgan fingerprint density at radius 3 is 2.61 bits per heavy atom. The topological polar surface area (TPSA) is 43.7 Å². The summed E-state index contributed by atoms with van der Waals surface area (Å²) >= 11 is 1.76. The van der Waals surface area contributed by atoms with E-state index < -0.39 is 12.9 Å². The largest absolute Gasteiger partial charge is 0.488 e. The lowest BCUT2D eigenvalue weighted by Gasteiger charge is -2.24. The van der Waals surface area contributed by atoms with Crippen LogP contribution in [-0.2, 0) is 6.54 Å². The lowest BCUT2D eigenvalue weighted by atomic mass is 9.80. The third-order valence-corrected chi connectivity index (χ3v) is 3.77. The van der Waals surface area contributed by atoms with Gasteiger partial charge in [-0.05, 0) is 31.8 Å². The van der Waals surface area contributed by atoms with Gasteiger partial charge in [0, 0.05) is 23.9 Å². The predicted molar refractivity (Wildman–Crippen MR) is 75.5 cm³/mol. The minimum Gasteiger partial charge on any atom is -0.423 e. The predicted octanol–water partition coefficient (Wildman–Crippen LogP) is 0.689. The van der Waals surface area contributed by atoms with E-state index in [2.05, 4.69) is 11.8 Å². The van der Waals surface area contributed by atoms with Gasteiger partial charge in [0.25, 0.3) is 0 Å². The van der Waals surface area contributed by atoms with Crippen molar-refractivity contribution in [3.8, 4) is 0 Å². The van der Waals surface area contributed by atoms with E-state index in [0.717, 1.165) is 5.75 Å². The van der Waals surface area contributed by atoms with Gasteiger partial charge >= 0.3 is 7.12 Å². The van der Waals surface area contributed by atoms with E-state index in [1.165, 1.54) is 12.1 Å². The van der Waals surface area contributed by atoms with E-state index >= 15 is 0 Å². The fourth-order valence-electron chi connectivity index (χ4n) is 1.65. The van der Waals surface area contributed by atoms with Crippen LogP contribution in [0.15, 0.2) is 18.2 Å². The summed E-state index contributed by atoms with van der Waals surface area (Å²) in [5.74, 6) is 0.592. The number of thioether (sulfide) groups is 1. The van der Waals surface area contributed by atoms with E-state index in [1.807, 2.05) is 13.3 Å². The Bertz CT molecular complexity index is 392. The van der Waals surface area contributed by atoms with Crippen LogP contribution >= 0.6 is 11.8 Å². The van der Waals surface area contributed by atoms with Crippen molar-refractivity contribution in [1.82, 2.24) is 4.90 Å². The SMILES string of the molecule is CSCC(C)N(C)Cc1ccc(B(O)O)cc1F. The summed E-state index contributed by atoms with van der Waals surface area (Å²) in [7, 11) is 0.330. The number of hydrogen-bond acceptors (Lipinski definition) is 4. The molecule has 2 N–H and O–H groups in total. The molecule has 0 amide bonds. The normalized spacial score (nSPS) is 12.8. The Kier molecular flexibility index (Phi) is 6.15. The molecule has 0 saturated carbocycles. The van der Waals surface area contributed by atoms with Crippen LogP contribution < -0.4 is 5.46 Å². The van der Waals surface area contributed by atoms with E-state index in [9.17, 15) is 4.39 Å². The van der Waals surface area contributed by atoms with Gasteiger partial charge in [-0.3, -0.25) is 4.90 Å². The molecular formula is C12H19BFNO2S. The highest BCUT2D eigenvalue weighted by Crippen LogP contribution is 2.12. The summed E-state index contributed by atoms with van der Waals surface area (Å²) in [6, 6.07) is 4.68. The highest BCUT2D eigenvalue weighted by Gasteiger charge is 2.15. The van der Waals surface area contributed by atoms with Gasteiger partial charge in [-0.25, -0.2) is 4.39 Å². The van der Waals surface area contributed by atoms with Crippen LogP contribution in [0.1, 0.15) is 12.5 Å². The summed E-state index contributed by atoms with van der Waals surface area (Å²) in [5.41, 5.74) is 0.742. The lowest BCUT2D eigenvalue weighted by Crippen LogP contribution is -2.32. The maximum atomic E-state index is 13.8. The minimum absolute atomic E-state index is 0.177. The molecule has 0 bridgehead atoms. The molecule has 6 heteroatoms. The second-order valence-electron chi connectivity index (χ2n) is 4.44. The van der Waals surface area contributed by atoms with Gasteiger partial charge in [-0.15, -0.1) is 0 Å². The van der Waals surface area contributed by atoms with Crippen LogP contribution in [0.4, 0.5) is 4.39 Å².